The number of rotatable bonds is 3. The lowest BCUT2D eigenvalue weighted by molar-refractivity contribution is -0.124. The SMILES string of the molecule is O=C1NCN(c2ccccc2)C12CCN(S(=O)(=O)c1ccc(O)c3ncccc13)CC2. The molecule has 5 rings (SSSR count). The molecule has 9 heteroatoms. The van der Waals surface area contributed by atoms with Gasteiger partial charge >= 0.3 is 0 Å². The standard InChI is InChI=1S/C22H22N4O4S/c27-18-8-9-19(17-7-4-12-23-20(17)18)31(29,30)25-13-10-22(11-14-25)21(28)24-15-26(22)16-5-2-1-3-6-16/h1-9,12,27H,10-11,13-15H2,(H,24,28). The van der Waals surface area contributed by atoms with Crippen LogP contribution in [0, 0.1) is 0 Å². The second-order valence-corrected chi connectivity index (χ2v) is 9.75. The van der Waals surface area contributed by atoms with Crippen LogP contribution in [0.4, 0.5) is 5.69 Å². The lowest BCUT2D eigenvalue weighted by Gasteiger charge is -2.42. The maximum absolute atomic E-state index is 13.5. The first-order chi connectivity index (χ1) is 14.9. The maximum atomic E-state index is 13.5. The summed E-state index contributed by atoms with van der Waals surface area (Å²) in [6.45, 7) is 0.854. The van der Waals surface area contributed by atoms with Crippen molar-refractivity contribution in [1.29, 1.82) is 0 Å². The minimum absolute atomic E-state index is 0.0618. The zero-order valence-corrected chi connectivity index (χ0v) is 17.5. The summed E-state index contributed by atoms with van der Waals surface area (Å²) in [5.41, 5.74) is 0.432. The van der Waals surface area contributed by atoms with Crippen molar-refractivity contribution in [1.82, 2.24) is 14.6 Å². The molecule has 0 atom stereocenters. The number of sulfonamides is 1. The van der Waals surface area contributed by atoms with Gasteiger partial charge in [0.05, 0.1) is 11.6 Å². The molecule has 31 heavy (non-hydrogen) atoms. The second kappa shape index (κ2) is 7.21. The van der Waals surface area contributed by atoms with E-state index in [0.29, 0.717) is 24.9 Å². The van der Waals surface area contributed by atoms with Gasteiger partial charge in [-0.2, -0.15) is 4.31 Å². The molecule has 160 valence electrons. The number of para-hydroxylation sites is 1. The van der Waals surface area contributed by atoms with E-state index in [1.807, 2.05) is 35.2 Å². The smallest absolute Gasteiger partial charge is 0.247 e. The quantitative estimate of drug-likeness (QED) is 0.649. The van der Waals surface area contributed by atoms with Crippen LogP contribution in [0.5, 0.6) is 5.75 Å². The molecule has 2 aromatic carbocycles. The third-order valence-electron chi connectivity index (χ3n) is 6.28. The molecule has 2 aliphatic rings. The van der Waals surface area contributed by atoms with E-state index in [-0.39, 0.29) is 35.2 Å². The van der Waals surface area contributed by atoms with Gasteiger partial charge in [0, 0.05) is 30.4 Å². The Morgan fingerprint density at radius 1 is 1.00 bits per heavy atom. The van der Waals surface area contributed by atoms with Crippen molar-refractivity contribution in [3.8, 4) is 5.75 Å². The van der Waals surface area contributed by atoms with Crippen molar-refractivity contribution >= 4 is 32.5 Å². The predicted octanol–water partition coefficient (Wildman–Crippen LogP) is 2.06. The van der Waals surface area contributed by atoms with Crippen molar-refractivity contribution < 1.29 is 18.3 Å². The van der Waals surface area contributed by atoms with E-state index in [1.165, 1.54) is 22.6 Å². The van der Waals surface area contributed by atoms with Gasteiger partial charge in [0.15, 0.2) is 0 Å². The van der Waals surface area contributed by atoms with Crippen molar-refractivity contribution in [2.45, 2.75) is 23.3 Å². The molecule has 0 saturated carbocycles. The zero-order valence-electron chi connectivity index (χ0n) is 16.7. The third-order valence-corrected chi connectivity index (χ3v) is 8.24. The highest BCUT2D eigenvalue weighted by molar-refractivity contribution is 7.89. The summed E-state index contributed by atoms with van der Waals surface area (Å²) >= 11 is 0. The van der Waals surface area contributed by atoms with Crippen LogP contribution in [-0.4, -0.2) is 54.0 Å². The zero-order chi connectivity index (χ0) is 21.6. The molecule has 1 aromatic heterocycles. The normalized spacial score (nSPS) is 19.1. The van der Waals surface area contributed by atoms with Gasteiger partial charge in [-0.3, -0.25) is 9.78 Å². The fourth-order valence-corrected chi connectivity index (χ4v) is 6.25. The van der Waals surface area contributed by atoms with E-state index >= 15 is 0 Å². The fraction of sp³-hybridized carbons (Fsp3) is 0.273. The van der Waals surface area contributed by atoms with Gasteiger partial charge in [0.25, 0.3) is 0 Å². The summed E-state index contributed by atoms with van der Waals surface area (Å²) in [5.74, 6) is -0.124. The average molecular weight is 439 g/mol. The number of nitrogens with one attached hydrogen (secondary N) is 1. The van der Waals surface area contributed by atoms with Crippen LogP contribution in [0.25, 0.3) is 10.9 Å². The van der Waals surface area contributed by atoms with E-state index < -0.39 is 15.6 Å². The number of nitrogens with zero attached hydrogens (tertiary/aromatic N) is 3. The molecule has 2 aliphatic heterocycles. The molecular formula is C22H22N4O4S. The number of benzene rings is 2. The Balaban J connectivity index is 1.45. The van der Waals surface area contributed by atoms with Crippen LogP contribution in [0.15, 0.2) is 65.7 Å². The van der Waals surface area contributed by atoms with Crippen molar-refractivity contribution in [2.24, 2.45) is 0 Å². The van der Waals surface area contributed by atoms with Crippen molar-refractivity contribution in [2.75, 3.05) is 24.7 Å². The number of anilines is 1. The molecule has 2 saturated heterocycles. The monoisotopic (exact) mass is 438 g/mol. The topological polar surface area (TPSA) is 103 Å². The molecule has 1 spiro atoms. The van der Waals surface area contributed by atoms with E-state index in [0.717, 1.165) is 5.69 Å². The van der Waals surface area contributed by atoms with E-state index in [1.54, 1.807) is 12.1 Å². The van der Waals surface area contributed by atoms with Crippen molar-refractivity contribution in [3.63, 3.8) is 0 Å². The average Bonchev–Trinajstić information content (AvgIpc) is 3.10. The van der Waals surface area contributed by atoms with Crippen LogP contribution in [0.1, 0.15) is 12.8 Å². The molecule has 0 radical (unpaired) electrons. The summed E-state index contributed by atoms with van der Waals surface area (Å²) in [4.78, 5) is 19.1. The first-order valence-corrected chi connectivity index (χ1v) is 11.6. The summed E-state index contributed by atoms with van der Waals surface area (Å²) in [6, 6.07) is 15.8. The highest BCUT2D eigenvalue weighted by atomic mass is 32.2. The Morgan fingerprint density at radius 3 is 2.48 bits per heavy atom. The lowest BCUT2D eigenvalue weighted by atomic mass is 9.86. The number of aromatic nitrogens is 1. The van der Waals surface area contributed by atoms with Gasteiger partial charge in [-0.15, -0.1) is 0 Å². The fourth-order valence-electron chi connectivity index (χ4n) is 4.62. The van der Waals surface area contributed by atoms with Crippen molar-refractivity contribution in [3.05, 3.63) is 60.8 Å². The van der Waals surface area contributed by atoms with Crippen LogP contribution in [0.2, 0.25) is 0 Å². The number of phenols is 1. The number of carbonyl (C=O) groups is 1. The number of phenolic OH excluding ortho intramolecular Hbond substituents is 1. The Hall–Kier alpha value is -3.17. The first kappa shape index (κ1) is 19.8. The number of aromatic hydroxyl groups is 1. The third kappa shape index (κ3) is 3.03. The summed E-state index contributed by atoms with van der Waals surface area (Å²) in [6.07, 6.45) is 2.29. The lowest BCUT2D eigenvalue weighted by Crippen LogP contribution is -2.57. The maximum Gasteiger partial charge on any atom is 0.247 e. The van der Waals surface area contributed by atoms with Gasteiger partial charge in [-0.1, -0.05) is 18.2 Å². The molecule has 2 fully saturated rings. The highest BCUT2D eigenvalue weighted by Gasteiger charge is 2.51. The van der Waals surface area contributed by atoms with Crippen LogP contribution in [-0.2, 0) is 14.8 Å². The van der Waals surface area contributed by atoms with E-state index in [9.17, 15) is 18.3 Å². The molecule has 3 aromatic rings. The number of hydrogen-bond acceptors (Lipinski definition) is 6. The summed E-state index contributed by atoms with van der Waals surface area (Å²) in [7, 11) is -3.82. The van der Waals surface area contributed by atoms with Gasteiger partial charge < -0.3 is 15.3 Å². The summed E-state index contributed by atoms with van der Waals surface area (Å²) < 4.78 is 28.3. The molecular weight excluding hydrogens is 416 g/mol. The molecule has 8 nitrogen and oxygen atoms in total. The molecule has 0 unspecified atom stereocenters. The number of amides is 1. The Labute approximate surface area is 180 Å². The molecule has 0 aliphatic carbocycles. The predicted molar refractivity (Wildman–Crippen MR) is 116 cm³/mol. The summed E-state index contributed by atoms with van der Waals surface area (Å²) in [5, 5.41) is 13.4. The van der Waals surface area contributed by atoms with E-state index in [4.69, 9.17) is 0 Å². The van der Waals surface area contributed by atoms with Gasteiger partial charge in [0.2, 0.25) is 15.9 Å². The minimum Gasteiger partial charge on any atom is -0.506 e. The molecule has 0 bridgehead atoms. The van der Waals surface area contributed by atoms with Crippen LogP contribution < -0.4 is 10.2 Å². The largest absolute Gasteiger partial charge is 0.506 e. The highest BCUT2D eigenvalue weighted by Crippen LogP contribution is 2.38. The molecule has 1 amide bonds. The Bertz CT molecular complexity index is 1260. The first-order valence-electron chi connectivity index (χ1n) is 10.1. The second-order valence-electron chi connectivity index (χ2n) is 7.85. The number of hydrogen-bond donors (Lipinski definition) is 2. The van der Waals surface area contributed by atoms with E-state index in [2.05, 4.69) is 10.3 Å². The number of fused-ring (bicyclic) bond motifs is 1. The number of pyridine rings is 1. The van der Waals surface area contributed by atoms with Gasteiger partial charge in [-0.05, 0) is 49.2 Å². The molecule has 2 N–H and O–H groups in total. The van der Waals surface area contributed by atoms with Gasteiger partial charge in [-0.25, -0.2) is 8.42 Å². The van der Waals surface area contributed by atoms with Crippen LogP contribution >= 0.6 is 0 Å². The Kier molecular flexibility index (Phi) is 4.60. The Morgan fingerprint density at radius 2 is 1.74 bits per heavy atom. The molecule has 3 heterocycles. The van der Waals surface area contributed by atoms with Crippen LogP contribution in [0.3, 0.4) is 0 Å². The number of piperidine rings is 1. The van der Waals surface area contributed by atoms with Gasteiger partial charge in [0.1, 0.15) is 16.8 Å². The number of carbonyl (C=O) groups excluding carboxylic acids is 1. The minimum atomic E-state index is -3.82.